The number of hydrogen-bond acceptors (Lipinski definition) is 3. The van der Waals surface area contributed by atoms with Crippen LogP contribution in [0.25, 0.3) is 0 Å². The summed E-state index contributed by atoms with van der Waals surface area (Å²) in [6.07, 6.45) is 3.57. The molecule has 1 atom stereocenters. The lowest BCUT2D eigenvalue weighted by atomic mass is 9.76. The molecule has 0 aromatic carbocycles. The van der Waals surface area contributed by atoms with Crippen molar-refractivity contribution in [3.8, 4) is 0 Å². The average molecular weight is 273 g/mol. The summed E-state index contributed by atoms with van der Waals surface area (Å²) in [5.41, 5.74) is -1.01. The summed E-state index contributed by atoms with van der Waals surface area (Å²) in [4.78, 5) is 23.0. The first-order valence-electron chi connectivity index (χ1n) is 6.95. The first-order valence-corrected chi connectivity index (χ1v) is 6.95. The van der Waals surface area contributed by atoms with E-state index in [-0.39, 0.29) is 24.9 Å². The van der Waals surface area contributed by atoms with E-state index in [9.17, 15) is 14.7 Å². The number of carbonyl (C=O) groups is 2. The standard InChI is InChI=1S/C14H27NO4/c1-11(2)14(3,13(18)19)10-12(17)15-8-6-4-5-7-9-16/h11,16H,4-10H2,1-3H3,(H,15,17)(H,18,19). The van der Waals surface area contributed by atoms with Crippen LogP contribution in [0, 0.1) is 11.3 Å². The Balaban J connectivity index is 3.99. The molecule has 0 rings (SSSR count). The molecule has 0 spiro atoms. The first-order chi connectivity index (χ1) is 8.84. The maximum Gasteiger partial charge on any atom is 0.310 e. The van der Waals surface area contributed by atoms with Crippen LogP contribution in [-0.4, -0.2) is 35.2 Å². The van der Waals surface area contributed by atoms with Gasteiger partial charge in [-0.15, -0.1) is 0 Å². The van der Waals surface area contributed by atoms with E-state index in [1.807, 2.05) is 13.8 Å². The van der Waals surface area contributed by atoms with Crippen molar-refractivity contribution in [2.45, 2.75) is 52.9 Å². The van der Waals surface area contributed by atoms with Crippen molar-refractivity contribution >= 4 is 11.9 Å². The first kappa shape index (κ1) is 17.9. The molecule has 0 saturated heterocycles. The third-order valence-corrected chi connectivity index (χ3v) is 3.70. The van der Waals surface area contributed by atoms with E-state index < -0.39 is 11.4 Å². The number of carboxylic acid groups (broad SMARTS) is 1. The van der Waals surface area contributed by atoms with Gasteiger partial charge in [0.1, 0.15) is 0 Å². The molecule has 1 amide bonds. The van der Waals surface area contributed by atoms with Gasteiger partial charge in [0.05, 0.1) is 5.41 Å². The topological polar surface area (TPSA) is 86.6 Å². The van der Waals surface area contributed by atoms with E-state index >= 15 is 0 Å². The predicted octanol–water partition coefficient (Wildman–Crippen LogP) is 1.79. The van der Waals surface area contributed by atoms with Gasteiger partial charge in [-0.2, -0.15) is 0 Å². The summed E-state index contributed by atoms with van der Waals surface area (Å²) in [5, 5.41) is 20.6. The van der Waals surface area contributed by atoms with Crippen molar-refractivity contribution in [1.29, 1.82) is 0 Å². The van der Waals surface area contributed by atoms with Crippen molar-refractivity contribution < 1.29 is 19.8 Å². The highest BCUT2D eigenvalue weighted by Crippen LogP contribution is 2.31. The molecule has 112 valence electrons. The van der Waals surface area contributed by atoms with Crippen molar-refractivity contribution in [2.75, 3.05) is 13.2 Å². The minimum absolute atomic E-state index is 0.0106. The van der Waals surface area contributed by atoms with E-state index in [2.05, 4.69) is 5.32 Å². The smallest absolute Gasteiger partial charge is 0.310 e. The zero-order valence-electron chi connectivity index (χ0n) is 12.2. The van der Waals surface area contributed by atoms with Crippen molar-refractivity contribution in [3.63, 3.8) is 0 Å². The molecule has 0 aromatic heterocycles. The molecule has 0 bridgehead atoms. The van der Waals surface area contributed by atoms with Gasteiger partial charge in [-0.05, 0) is 25.7 Å². The third-order valence-electron chi connectivity index (χ3n) is 3.70. The summed E-state index contributed by atoms with van der Waals surface area (Å²) in [6, 6.07) is 0. The van der Waals surface area contributed by atoms with Crippen molar-refractivity contribution in [1.82, 2.24) is 5.32 Å². The number of amides is 1. The second-order valence-electron chi connectivity index (χ2n) is 5.54. The number of unbranched alkanes of at least 4 members (excludes halogenated alkanes) is 3. The van der Waals surface area contributed by atoms with Crippen LogP contribution in [0.1, 0.15) is 52.9 Å². The van der Waals surface area contributed by atoms with E-state index in [1.54, 1.807) is 6.92 Å². The van der Waals surface area contributed by atoms with Gasteiger partial charge in [0, 0.05) is 19.6 Å². The van der Waals surface area contributed by atoms with Crippen LogP contribution in [0.4, 0.5) is 0 Å². The summed E-state index contributed by atoms with van der Waals surface area (Å²) in [7, 11) is 0. The van der Waals surface area contributed by atoms with Gasteiger partial charge in [0.15, 0.2) is 0 Å². The van der Waals surface area contributed by atoms with Crippen LogP contribution in [0.3, 0.4) is 0 Å². The predicted molar refractivity (Wildman–Crippen MR) is 73.8 cm³/mol. The maximum absolute atomic E-state index is 11.7. The SMILES string of the molecule is CC(C)C(C)(CC(=O)NCCCCCCO)C(=O)O. The summed E-state index contributed by atoms with van der Waals surface area (Å²) >= 11 is 0. The van der Waals surface area contributed by atoms with Gasteiger partial charge in [-0.25, -0.2) is 0 Å². The number of hydrogen-bond donors (Lipinski definition) is 3. The van der Waals surface area contributed by atoms with Crippen LogP contribution in [-0.2, 0) is 9.59 Å². The molecule has 5 heteroatoms. The quantitative estimate of drug-likeness (QED) is 0.530. The number of aliphatic hydroxyl groups is 1. The molecule has 0 aliphatic carbocycles. The van der Waals surface area contributed by atoms with Crippen LogP contribution in [0.2, 0.25) is 0 Å². The Hall–Kier alpha value is -1.10. The van der Waals surface area contributed by atoms with Gasteiger partial charge in [-0.3, -0.25) is 9.59 Å². The summed E-state index contributed by atoms with van der Waals surface area (Å²) in [5.74, 6) is -1.23. The molecule has 1 unspecified atom stereocenters. The van der Waals surface area contributed by atoms with Gasteiger partial charge in [-0.1, -0.05) is 26.7 Å². The number of aliphatic carboxylic acids is 1. The minimum Gasteiger partial charge on any atom is -0.481 e. The fourth-order valence-corrected chi connectivity index (χ4v) is 1.74. The largest absolute Gasteiger partial charge is 0.481 e. The molecule has 0 radical (unpaired) electrons. The molecular weight excluding hydrogens is 246 g/mol. The Bertz CT molecular complexity index is 291. The summed E-state index contributed by atoms with van der Waals surface area (Å²) in [6.45, 7) is 6.02. The van der Waals surface area contributed by atoms with E-state index in [4.69, 9.17) is 5.11 Å². The monoisotopic (exact) mass is 273 g/mol. The summed E-state index contributed by atoms with van der Waals surface area (Å²) < 4.78 is 0. The Morgan fingerprint density at radius 1 is 1.16 bits per heavy atom. The molecule has 0 aromatic rings. The second kappa shape index (κ2) is 8.91. The molecule has 19 heavy (non-hydrogen) atoms. The molecule has 5 nitrogen and oxygen atoms in total. The minimum atomic E-state index is -1.01. The molecule has 0 aliphatic heterocycles. The Morgan fingerprint density at radius 2 is 1.74 bits per heavy atom. The maximum atomic E-state index is 11.7. The fourth-order valence-electron chi connectivity index (χ4n) is 1.74. The molecule has 0 heterocycles. The van der Waals surface area contributed by atoms with Crippen molar-refractivity contribution in [3.05, 3.63) is 0 Å². The van der Waals surface area contributed by atoms with E-state index in [0.29, 0.717) is 6.54 Å². The lowest BCUT2D eigenvalue weighted by Crippen LogP contribution is -2.39. The van der Waals surface area contributed by atoms with Crippen molar-refractivity contribution in [2.24, 2.45) is 11.3 Å². The fraction of sp³-hybridized carbons (Fsp3) is 0.857. The van der Waals surface area contributed by atoms with Gasteiger partial charge in [0.25, 0.3) is 0 Å². The van der Waals surface area contributed by atoms with Crippen LogP contribution < -0.4 is 5.32 Å². The van der Waals surface area contributed by atoms with Crippen LogP contribution in [0.15, 0.2) is 0 Å². The molecular formula is C14H27NO4. The molecule has 3 N–H and O–H groups in total. The van der Waals surface area contributed by atoms with Crippen LogP contribution in [0.5, 0.6) is 0 Å². The molecule has 0 fully saturated rings. The number of nitrogens with one attached hydrogen (secondary N) is 1. The highest BCUT2D eigenvalue weighted by atomic mass is 16.4. The van der Waals surface area contributed by atoms with Gasteiger partial charge < -0.3 is 15.5 Å². The number of carboxylic acids is 1. The Labute approximate surface area is 115 Å². The zero-order chi connectivity index (χ0) is 14.9. The normalized spacial score (nSPS) is 14.2. The number of rotatable bonds is 10. The second-order valence-corrected chi connectivity index (χ2v) is 5.54. The number of carbonyl (C=O) groups excluding carboxylic acids is 1. The van der Waals surface area contributed by atoms with E-state index in [0.717, 1.165) is 25.7 Å². The highest BCUT2D eigenvalue weighted by molar-refractivity contribution is 5.84. The zero-order valence-corrected chi connectivity index (χ0v) is 12.2. The number of aliphatic hydroxyl groups excluding tert-OH is 1. The molecule has 0 aliphatic rings. The van der Waals surface area contributed by atoms with Gasteiger partial charge >= 0.3 is 5.97 Å². The Morgan fingerprint density at radius 3 is 2.21 bits per heavy atom. The van der Waals surface area contributed by atoms with Gasteiger partial charge in [0.2, 0.25) is 5.91 Å². The Kier molecular flexibility index (Phi) is 8.39. The lowest BCUT2D eigenvalue weighted by Gasteiger charge is -2.28. The molecule has 0 saturated carbocycles. The highest BCUT2D eigenvalue weighted by Gasteiger charge is 2.38. The average Bonchev–Trinajstić information content (AvgIpc) is 2.32. The van der Waals surface area contributed by atoms with Crippen LogP contribution >= 0.6 is 0 Å². The third kappa shape index (κ3) is 6.57. The lowest BCUT2D eigenvalue weighted by molar-refractivity contribution is -0.153. The van der Waals surface area contributed by atoms with E-state index in [1.165, 1.54) is 0 Å².